The van der Waals surface area contributed by atoms with Crippen molar-refractivity contribution in [1.82, 2.24) is 0 Å². The van der Waals surface area contributed by atoms with E-state index < -0.39 is 36.3 Å². The summed E-state index contributed by atoms with van der Waals surface area (Å²) in [6, 6.07) is 0. The third-order valence-corrected chi connectivity index (χ3v) is 1.54. The topological polar surface area (TPSA) is 161 Å². The molecule has 82 valence electrons. The molecule has 0 heterocycles. The molecule has 0 aromatic rings. The summed E-state index contributed by atoms with van der Waals surface area (Å²) in [5.41, 5.74) is 4.56. The van der Waals surface area contributed by atoms with Gasteiger partial charge in [0.1, 0.15) is 12.2 Å². The SMILES string of the molecule is NC(=O)C(O)C(O)C(O)C(O)C(=O)O. The first kappa shape index (κ1) is 12.8. The molecule has 0 aromatic carbocycles. The van der Waals surface area contributed by atoms with Crippen LogP contribution < -0.4 is 5.73 Å². The van der Waals surface area contributed by atoms with Gasteiger partial charge in [0, 0.05) is 0 Å². The predicted molar refractivity (Wildman–Crippen MR) is 40.9 cm³/mol. The monoisotopic (exact) mass is 209 g/mol. The molecule has 0 saturated carbocycles. The van der Waals surface area contributed by atoms with Gasteiger partial charge in [0.05, 0.1) is 0 Å². The largest absolute Gasteiger partial charge is 0.479 e. The van der Waals surface area contributed by atoms with Crippen LogP contribution in [-0.2, 0) is 9.59 Å². The molecule has 0 bridgehead atoms. The first-order valence-corrected chi connectivity index (χ1v) is 3.53. The standard InChI is InChI=1S/C6H11NO7/c7-5(12)3(10)1(8)2(9)4(11)6(13)14/h1-4,8-11H,(H2,7,12)(H,13,14). The lowest BCUT2D eigenvalue weighted by Gasteiger charge is -2.22. The number of carboxylic acids is 1. The zero-order chi connectivity index (χ0) is 11.5. The number of hydrogen-bond donors (Lipinski definition) is 6. The fourth-order valence-electron chi connectivity index (χ4n) is 0.688. The molecule has 14 heavy (non-hydrogen) atoms. The first-order valence-electron chi connectivity index (χ1n) is 3.53. The van der Waals surface area contributed by atoms with E-state index in [0.717, 1.165) is 0 Å². The Morgan fingerprint density at radius 1 is 0.929 bits per heavy atom. The smallest absolute Gasteiger partial charge is 0.335 e. The van der Waals surface area contributed by atoms with E-state index in [9.17, 15) is 9.59 Å². The van der Waals surface area contributed by atoms with Crippen molar-refractivity contribution in [3.8, 4) is 0 Å². The van der Waals surface area contributed by atoms with Gasteiger partial charge in [-0.1, -0.05) is 0 Å². The summed E-state index contributed by atoms with van der Waals surface area (Å²) in [6.45, 7) is 0. The second-order valence-electron chi connectivity index (χ2n) is 2.61. The van der Waals surface area contributed by atoms with E-state index in [-0.39, 0.29) is 0 Å². The van der Waals surface area contributed by atoms with Crippen molar-refractivity contribution < 1.29 is 35.1 Å². The number of carboxylic acid groups (broad SMARTS) is 1. The molecule has 8 nitrogen and oxygen atoms in total. The van der Waals surface area contributed by atoms with Crippen LogP contribution in [0.15, 0.2) is 0 Å². The van der Waals surface area contributed by atoms with Gasteiger partial charge in [-0.15, -0.1) is 0 Å². The lowest BCUT2D eigenvalue weighted by Crippen LogP contribution is -2.51. The van der Waals surface area contributed by atoms with E-state index in [0.29, 0.717) is 0 Å². The van der Waals surface area contributed by atoms with Crippen LogP contribution in [0.2, 0.25) is 0 Å². The zero-order valence-corrected chi connectivity index (χ0v) is 6.94. The van der Waals surface area contributed by atoms with E-state index in [2.05, 4.69) is 5.73 Å². The predicted octanol–water partition coefficient (Wildman–Crippen LogP) is -4.00. The highest BCUT2D eigenvalue weighted by Gasteiger charge is 2.36. The van der Waals surface area contributed by atoms with Crippen molar-refractivity contribution in [1.29, 1.82) is 0 Å². The third kappa shape index (κ3) is 2.92. The molecule has 0 rings (SSSR count). The van der Waals surface area contributed by atoms with Crippen LogP contribution in [-0.4, -0.2) is 61.8 Å². The molecule has 7 N–H and O–H groups in total. The molecule has 0 radical (unpaired) electrons. The Bertz CT molecular complexity index is 206. The van der Waals surface area contributed by atoms with E-state index >= 15 is 0 Å². The molecular formula is C6H11NO7. The second-order valence-corrected chi connectivity index (χ2v) is 2.61. The average Bonchev–Trinajstić information content (AvgIpc) is 2.12. The maximum atomic E-state index is 10.3. The lowest BCUT2D eigenvalue weighted by atomic mass is 10.0. The summed E-state index contributed by atoms with van der Waals surface area (Å²) in [6.07, 6.45) is -8.80. The van der Waals surface area contributed by atoms with Gasteiger partial charge in [-0.25, -0.2) is 4.79 Å². The molecular weight excluding hydrogens is 198 g/mol. The summed E-state index contributed by atoms with van der Waals surface area (Å²) in [5, 5.41) is 43.6. The first-order chi connectivity index (χ1) is 6.29. The number of hydrogen-bond acceptors (Lipinski definition) is 6. The minimum Gasteiger partial charge on any atom is -0.479 e. The fourth-order valence-corrected chi connectivity index (χ4v) is 0.688. The van der Waals surface area contributed by atoms with Gasteiger partial charge in [-0.3, -0.25) is 4.79 Å². The Labute approximate surface area is 78.2 Å². The number of nitrogens with two attached hydrogens (primary N) is 1. The number of primary amides is 1. The molecule has 0 aliphatic rings. The fraction of sp³-hybridized carbons (Fsp3) is 0.667. The van der Waals surface area contributed by atoms with Crippen LogP contribution in [0.1, 0.15) is 0 Å². The zero-order valence-electron chi connectivity index (χ0n) is 6.94. The molecule has 1 amide bonds. The van der Waals surface area contributed by atoms with Crippen molar-refractivity contribution >= 4 is 11.9 Å². The van der Waals surface area contributed by atoms with Crippen LogP contribution in [0.25, 0.3) is 0 Å². The molecule has 0 aliphatic carbocycles. The number of carbonyl (C=O) groups excluding carboxylic acids is 1. The number of carbonyl (C=O) groups is 2. The summed E-state index contributed by atoms with van der Waals surface area (Å²) >= 11 is 0. The van der Waals surface area contributed by atoms with Gasteiger partial charge < -0.3 is 31.3 Å². The number of aliphatic carboxylic acids is 1. The van der Waals surface area contributed by atoms with E-state index in [1.807, 2.05) is 0 Å². The van der Waals surface area contributed by atoms with Gasteiger partial charge in [0.15, 0.2) is 12.2 Å². The minimum absolute atomic E-state index is 1.34. The summed E-state index contributed by atoms with van der Waals surface area (Å²) in [7, 11) is 0. The molecule has 0 spiro atoms. The Kier molecular flexibility index (Phi) is 4.44. The second kappa shape index (κ2) is 4.86. The van der Waals surface area contributed by atoms with Gasteiger partial charge in [0.25, 0.3) is 0 Å². The quantitative estimate of drug-likeness (QED) is 0.269. The van der Waals surface area contributed by atoms with Crippen LogP contribution in [0.4, 0.5) is 0 Å². The highest BCUT2D eigenvalue weighted by molar-refractivity contribution is 5.79. The lowest BCUT2D eigenvalue weighted by molar-refractivity contribution is -0.165. The van der Waals surface area contributed by atoms with Gasteiger partial charge in [-0.05, 0) is 0 Å². The normalized spacial score (nSPS) is 19.4. The third-order valence-electron chi connectivity index (χ3n) is 1.54. The molecule has 0 aliphatic heterocycles. The number of rotatable bonds is 5. The highest BCUT2D eigenvalue weighted by Crippen LogP contribution is 2.05. The molecule has 0 fully saturated rings. The number of aliphatic hydroxyl groups excluding tert-OH is 4. The van der Waals surface area contributed by atoms with Crippen LogP contribution in [0.3, 0.4) is 0 Å². The summed E-state index contributed by atoms with van der Waals surface area (Å²) in [4.78, 5) is 20.4. The van der Waals surface area contributed by atoms with Crippen molar-refractivity contribution in [2.24, 2.45) is 5.73 Å². The Hall–Kier alpha value is -1.22. The number of aliphatic hydroxyl groups is 4. The van der Waals surface area contributed by atoms with Gasteiger partial charge >= 0.3 is 5.97 Å². The van der Waals surface area contributed by atoms with Crippen LogP contribution in [0.5, 0.6) is 0 Å². The molecule has 8 heteroatoms. The van der Waals surface area contributed by atoms with E-state index in [4.69, 9.17) is 25.5 Å². The van der Waals surface area contributed by atoms with E-state index in [1.165, 1.54) is 0 Å². The Morgan fingerprint density at radius 3 is 1.57 bits per heavy atom. The summed E-state index contributed by atoms with van der Waals surface area (Å²) < 4.78 is 0. The van der Waals surface area contributed by atoms with Crippen molar-refractivity contribution in [3.05, 3.63) is 0 Å². The summed E-state index contributed by atoms with van der Waals surface area (Å²) in [5.74, 6) is -3.14. The van der Waals surface area contributed by atoms with Crippen LogP contribution >= 0.6 is 0 Å². The average molecular weight is 209 g/mol. The molecule has 4 unspecified atom stereocenters. The van der Waals surface area contributed by atoms with Crippen molar-refractivity contribution in [2.75, 3.05) is 0 Å². The van der Waals surface area contributed by atoms with Crippen molar-refractivity contribution in [3.63, 3.8) is 0 Å². The van der Waals surface area contributed by atoms with Gasteiger partial charge in [0.2, 0.25) is 5.91 Å². The molecule has 0 saturated heterocycles. The minimum atomic E-state index is -2.31. The van der Waals surface area contributed by atoms with Gasteiger partial charge in [-0.2, -0.15) is 0 Å². The molecule has 0 aromatic heterocycles. The highest BCUT2D eigenvalue weighted by atomic mass is 16.4. The maximum Gasteiger partial charge on any atom is 0.335 e. The Morgan fingerprint density at radius 2 is 1.29 bits per heavy atom. The van der Waals surface area contributed by atoms with Crippen molar-refractivity contribution in [2.45, 2.75) is 24.4 Å². The van der Waals surface area contributed by atoms with E-state index in [1.54, 1.807) is 0 Å². The van der Waals surface area contributed by atoms with Crippen LogP contribution in [0, 0.1) is 0 Å². The Balaban J connectivity index is 4.45. The molecule has 4 atom stereocenters. The maximum absolute atomic E-state index is 10.3. The number of amides is 1.